The molecule has 0 aromatic carbocycles. The zero-order valence-corrected chi connectivity index (χ0v) is 14.5. The highest BCUT2D eigenvalue weighted by Crippen LogP contribution is 2.31. The van der Waals surface area contributed by atoms with Crippen LogP contribution in [0.4, 0.5) is 5.82 Å². The van der Waals surface area contributed by atoms with Crippen molar-refractivity contribution in [2.24, 2.45) is 0 Å². The number of aromatic nitrogens is 4. The first-order valence-corrected chi connectivity index (χ1v) is 8.67. The van der Waals surface area contributed by atoms with Gasteiger partial charge in [-0.1, -0.05) is 0 Å². The number of fused-ring (bicyclic) bond motifs is 3. The van der Waals surface area contributed by atoms with Crippen LogP contribution in [0.15, 0.2) is 18.5 Å². The van der Waals surface area contributed by atoms with Gasteiger partial charge in [0.25, 0.3) is 0 Å². The number of piperidine rings is 1. The van der Waals surface area contributed by atoms with Gasteiger partial charge in [0.2, 0.25) is 5.91 Å². The summed E-state index contributed by atoms with van der Waals surface area (Å²) >= 11 is 0. The highest BCUT2D eigenvalue weighted by molar-refractivity contribution is 6.09. The Hall–Kier alpha value is -3.21. The Kier molecular flexibility index (Phi) is 4.13. The molecule has 8 nitrogen and oxygen atoms in total. The minimum atomic E-state index is -0.222. The van der Waals surface area contributed by atoms with E-state index in [1.807, 2.05) is 25.3 Å². The largest absolute Gasteiger partial charge is 0.354 e. The van der Waals surface area contributed by atoms with Gasteiger partial charge in [-0.15, -0.1) is 0 Å². The molecule has 1 saturated heterocycles. The van der Waals surface area contributed by atoms with Crippen molar-refractivity contribution in [3.63, 3.8) is 0 Å². The van der Waals surface area contributed by atoms with Crippen molar-refractivity contribution < 1.29 is 4.79 Å². The fraction of sp³-hybridized carbons (Fsp3) is 0.389. The Morgan fingerprint density at radius 2 is 2.38 bits per heavy atom. The minimum absolute atomic E-state index is 0.0125. The number of H-pyrrole nitrogens is 1. The van der Waals surface area contributed by atoms with E-state index in [-0.39, 0.29) is 18.4 Å². The number of amides is 1. The van der Waals surface area contributed by atoms with Crippen LogP contribution in [-0.4, -0.2) is 45.0 Å². The second kappa shape index (κ2) is 6.59. The summed E-state index contributed by atoms with van der Waals surface area (Å²) in [6.45, 7) is 3.40. The van der Waals surface area contributed by atoms with E-state index >= 15 is 0 Å². The molecule has 1 amide bonds. The first kappa shape index (κ1) is 16.3. The summed E-state index contributed by atoms with van der Waals surface area (Å²) in [4.78, 5) is 30.8. The van der Waals surface area contributed by atoms with Crippen molar-refractivity contribution in [2.75, 3.05) is 18.0 Å². The maximum absolute atomic E-state index is 11.8. The van der Waals surface area contributed by atoms with Crippen LogP contribution in [-0.2, 0) is 4.79 Å². The normalized spacial score (nSPS) is 17.4. The van der Waals surface area contributed by atoms with Crippen molar-refractivity contribution in [1.82, 2.24) is 25.3 Å². The molecule has 0 bridgehead atoms. The monoisotopic (exact) mass is 349 g/mol. The van der Waals surface area contributed by atoms with Gasteiger partial charge in [0.05, 0.1) is 23.2 Å². The number of nitrogens with zero attached hydrogens (tertiary/aromatic N) is 5. The van der Waals surface area contributed by atoms with E-state index in [0.29, 0.717) is 12.4 Å². The Balaban J connectivity index is 1.72. The number of aryl methyl sites for hydroxylation is 1. The minimum Gasteiger partial charge on any atom is -0.354 e. The highest BCUT2D eigenvalue weighted by Gasteiger charge is 2.25. The molecule has 8 heteroatoms. The van der Waals surface area contributed by atoms with Crippen LogP contribution in [0.1, 0.15) is 25.1 Å². The van der Waals surface area contributed by atoms with E-state index in [4.69, 9.17) is 10.2 Å². The lowest BCUT2D eigenvalue weighted by Crippen LogP contribution is -2.48. The third-order valence-electron chi connectivity index (χ3n) is 4.67. The number of hydrogen-bond donors (Lipinski definition) is 2. The summed E-state index contributed by atoms with van der Waals surface area (Å²) < 4.78 is 0. The predicted molar refractivity (Wildman–Crippen MR) is 97.5 cm³/mol. The number of carbonyl (C=O) groups is 1. The van der Waals surface area contributed by atoms with Crippen LogP contribution < -0.4 is 10.2 Å². The molecule has 0 radical (unpaired) electrons. The van der Waals surface area contributed by atoms with Gasteiger partial charge < -0.3 is 15.2 Å². The number of pyridine rings is 1. The van der Waals surface area contributed by atoms with Gasteiger partial charge in [0, 0.05) is 30.7 Å². The van der Waals surface area contributed by atoms with Crippen LogP contribution in [0.5, 0.6) is 0 Å². The van der Waals surface area contributed by atoms with E-state index in [9.17, 15) is 4.79 Å². The summed E-state index contributed by atoms with van der Waals surface area (Å²) in [5.74, 6) is 1.35. The molecule has 1 atom stereocenters. The van der Waals surface area contributed by atoms with Gasteiger partial charge in [-0.3, -0.25) is 4.79 Å². The molecule has 26 heavy (non-hydrogen) atoms. The number of hydrogen-bond acceptors (Lipinski definition) is 6. The molecule has 1 fully saturated rings. The van der Waals surface area contributed by atoms with Crippen molar-refractivity contribution in [2.45, 2.75) is 32.2 Å². The molecule has 1 unspecified atom stereocenters. The van der Waals surface area contributed by atoms with Crippen LogP contribution in [0.25, 0.3) is 21.9 Å². The second-order valence-electron chi connectivity index (χ2n) is 6.54. The lowest BCUT2D eigenvalue weighted by Gasteiger charge is -2.34. The first-order chi connectivity index (χ1) is 12.7. The van der Waals surface area contributed by atoms with Crippen LogP contribution in [0.3, 0.4) is 0 Å². The summed E-state index contributed by atoms with van der Waals surface area (Å²) in [5.41, 5.74) is 1.62. The van der Waals surface area contributed by atoms with E-state index in [2.05, 4.69) is 25.2 Å². The van der Waals surface area contributed by atoms with E-state index < -0.39 is 0 Å². The number of carbonyl (C=O) groups excluding carboxylic acids is 1. The molecule has 3 aromatic heterocycles. The van der Waals surface area contributed by atoms with Gasteiger partial charge in [0.15, 0.2) is 0 Å². The summed E-state index contributed by atoms with van der Waals surface area (Å²) in [5, 5.41) is 13.6. The quantitative estimate of drug-likeness (QED) is 0.746. The van der Waals surface area contributed by atoms with Crippen molar-refractivity contribution >= 4 is 33.7 Å². The maximum Gasteiger partial charge on any atom is 0.234 e. The Morgan fingerprint density at radius 3 is 3.23 bits per heavy atom. The first-order valence-electron chi connectivity index (χ1n) is 8.67. The third kappa shape index (κ3) is 2.92. The van der Waals surface area contributed by atoms with Gasteiger partial charge in [0.1, 0.15) is 23.7 Å². The summed E-state index contributed by atoms with van der Waals surface area (Å²) in [6, 6.07) is 3.89. The maximum atomic E-state index is 11.8. The molecule has 1 aliphatic rings. The highest BCUT2D eigenvalue weighted by atomic mass is 16.1. The molecule has 2 N–H and O–H groups in total. The molecule has 3 aromatic rings. The molecule has 4 heterocycles. The topological polar surface area (TPSA) is 111 Å². The Morgan fingerprint density at radius 1 is 1.50 bits per heavy atom. The van der Waals surface area contributed by atoms with E-state index in [0.717, 1.165) is 47.1 Å². The second-order valence-corrected chi connectivity index (χ2v) is 6.54. The molecule has 0 aliphatic carbocycles. The van der Waals surface area contributed by atoms with E-state index in [1.54, 1.807) is 6.20 Å². The molecular formula is C18H19N7O. The van der Waals surface area contributed by atoms with Crippen LogP contribution in [0.2, 0.25) is 0 Å². The predicted octanol–water partition coefficient (Wildman–Crippen LogP) is 1.81. The van der Waals surface area contributed by atoms with Gasteiger partial charge in [-0.25, -0.2) is 15.0 Å². The fourth-order valence-corrected chi connectivity index (χ4v) is 3.59. The third-order valence-corrected chi connectivity index (χ3v) is 4.67. The standard InChI is InChI=1S/C18H19N7O/c1-11-22-14-9-21-17-13(5-7-20-17)16(14)18(23-11)25-8-2-3-12(10-25)24-15(26)4-6-19/h5,7,9,12H,2-4,8,10H2,1H3,(H,20,21)(H,24,26). The van der Waals surface area contributed by atoms with E-state index in [1.165, 1.54) is 0 Å². The van der Waals surface area contributed by atoms with Crippen molar-refractivity contribution in [1.29, 1.82) is 5.26 Å². The van der Waals surface area contributed by atoms with Crippen LogP contribution in [0, 0.1) is 18.3 Å². The zero-order chi connectivity index (χ0) is 18.1. The number of rotatable bonds is 3. The van der Waals surface area contributed by atoms with Crippen molar-refractivity contribution in [3.8, 4) is 6.07 Å². The molecule has 0 spiro atoms. The Labute approximate surface area is 150 Å². The Bertz CT molecular complexity index is 1020. The van der Waals surface area contributed by atoms with Gasteiger partial charge in [-0.05, 0) is 25.8 Å². The van der Waals surface area contributed by atoms with Crippen molar-refractivity contribution in [3.05, 3.63) is 24.3 Å². The molecule has 132 valence electrons. The smallest absolute Gasteiger partial charge is 0.234 e. The van der Waals surface area contributed by atoms with Gasteiger partial charge in [-0.2, -0.15) is 5.26 Å². The number of anilines is 1. The summed E-state index contributed by atoms with van der Waals surface area (Å²) in [6.07, 6.45) is 5.37. The molecule has 0 saturated carbocycles. The number of nitrogens with one attached hydrogen (secondary N) is 2. The van der Waals surface area contributed by atoms with Crippen LogP contribution >= 0.6 is 0 Å². The molecular weight excluding hydrogens is 330 g/mol. The fourth-order valence-electron chi connectivity index (χ4n) is 3.59. The molecule has 4 rings (SSSR count). The average molecular weight is 349 g/mol. The number of aromatic amines is 1. The zero-order valence-electron chi connectivity index (χ0n) is 14.5. The SMILES string of the molecule is Cc1nc(N2CCCC(NC(=O)CC#N)C2)c2c(cnc3[nH]ccc32)n1. The number of nitriles is 1. The van der Waals surface area contributed by atoms with Gasteiger partial charge >= 0.3 is 0 Å². The average Bonchev–Trinajstić information content (AvgIpc) is 3.10. The molecule has 1 aliphatic heterocycles. The lowest BCUT2D eigenvalue weighted by atomic mass is 10.0. The lowest BCUT2D eigenvalue weighted by molar-refractivity contribution is -0.120. The summed E-state index contributed by atoms with van der Waals surface area (Å²) in [7, 11) is 0.